The van der Waals surface area contributed by atoms with Gasteiger partial charge >= 0.3 is 5.97 Å². The quantitative estimate of drug-likeness (QED) is 0.0323. The van der Waals surface area contributed by atoms with Crippen LogP contribution < -0.4 is 5.32 Å². The van der Waals surface area contributed by atoms with Crippen LogP contribution in [0, 0.1) is 0 Å². The first-order chi connectivity index (χ1) is 30.0. The largest absolute Gasteiger partial charge is 0.461 e. The summed E-state index contributed by atoms with van der Waals surface area (Å²) in [6.07, 6.45) is 63.5. The molecule has 6 nitrogen and oxygen atoms in total. The number of hydrogen-bond donors (Lipinski definition) is 3. The molecule has 0 bridgehead atoms. The molecule has 0 saturated carbocycles. The predicted molar refractivity (Wildman–Crippen MR) is 264 cm³/mol. The summed E-state index contributed by atoms with van der Waals surface area (Å²) in [5.41, 5.74) is 0. The standard InChI is InChI=1S/C55H93NO5/c1-4-7-10-13-16-19-22-24-25-26-27-28-30-33-36-39-42-45-48-55(60)61-51(46-43-40-37-34-31-21-18-15-12-9-6-3)49-54(59)56-52(50-57)53(58)47-44-41-38-35-32-29-23-20-17-14-11-8-5-2/h9,12,15,18,21-22,24-28,31,34,37,40,43,51-53,57-58H,4-8,10-11,13-14,16-17,19-20,23,29-30,32-33,35-36,38-39,41-42,44-50H2,1-3H3,(H,56,59)/b12-9+,18-15+,24-22+,26-25+,28-27+,31-21-,37-34-,43-40+. The van der Waals surface area contributed by atoms with Crippen LogP contribution in [0.2, 0.25) is 0 Å². The molecule has 0 aliphatic heterocycles. The fourth-order valence-corrected chi connectivity index (χ4v) is 7.04. The minimum atomic E-state index is -0.826. The highest BCUT2D eigenvalue weighted by Gasteiger charge is 2.23. The lowest BCUT2D eigenvalue weighted by atomic mass is 10.0. The summed E-state index contributed by atoms with van der Waals surface area (Å²) >= 11 is 0. The Hall–Kier alpha value is -3.22. The van der Waals surface area contributed by atoms with Crippen LogP contribution in [0.1, 0.15) is 213 Å². The topological polar surface area (TPSA) is 95.9 Å². The van der Waals surface area contributed by atoms with Gasteiger partial charge in [0.25, 0.3) is 0 Å². The normalized spacial score (nSPS) is 14.1. The van der Waals surface area contributed by atoms with Crippen molar-refractivity contribution in [2.24, 2.45) is 0 Å². The number of hydrogen-bond acceptors (Lipinski definition) is 5. The lowest BCUT2D eigenvalue weighted by Gasteiger charge is -2.24. The fraction of sp³-hybridized carbons (Fsp3) is 0.673. The van der Waals surface area contributed by atoms with Gasteiger partial charge in [0.05, 0.1) is 25.2 Å². The summed E-state index contributed by atoms with van der Waals surface area (Å²) < 4.78 is 5.82. The van der Waals surface area contributed by atoms with Gasteiger partial charge in [-0.2, -0.15) is 0 Å². The maximum Gasteiger partial charge on any atom is 0.306 e. The molecule has 0 heterocycles. The second-order valence-electron chi connectivity index (χ2n) is 16.7. The summed E-state index contributed by atoms with van der Waals surface area (Å²) in [6.45, 7) is 6.27. The molecule has 3 N–H and O–H groups in total. The summed E-state index contributed by atoms with van der Waals surface area (Å²) in [6, 6.07) is -0.748. The molecule has 0 radical (unpaired) electrons. The number of nitrogens with one attached hydrogen (secondary N) is 1. The van der Waals surface area contributed by atoms with E-state index < -0.39 is 18.2 Å². The molecule has 0 aromatic carbocycles. The van der Waals surface area contributed by atoms with E-state index in [4.69, 9.17) is 4.74 Å². The van der Waals surface area contributed by atoms with Gasteiger partial charge in [-0.25, -0.2) is 0 Å². The molecule has 0 rings (SSSR count). The third-order valence-electron chi connectivity index (χ3n) is 10.8. The van der Waals surface area contributed by atoms with Crippen LogP contribution in [-0.2, 0) is 14.3 Å². The maximum atomic E-state index is 13.1. The first kappa shape index (κ1) is 57.8. The van der Waals surface area contributed by atoms with Crippen molar-refractivity contribution >= 4 is 11.9 Å². The van der Waals surface area contributed by atoms with Gasteiger partial charge in [-0.15, -0.1) is 0 Å². The average molecular weight is 848 g/mol. The average Bonchev–Trinajstić information content (AvgIpc) is 3.25. The third kappa shape index (κ3) is 43.2. The number of carbonyl (C=O) groups is 2. The van der Waals surface area contributed by atoms with Crippen LogP contribution in [0.15, 0.2) is 97.2 Å². The molecule has 6 heteroatoms. The van der Waals surface area contributed by atoms with Crippen molar-refractivity contribution in [2.75, 3.05) is 6.61 Å². The molecular weight excluding hydrogens is 755 g/mol. The van der Waals surface area contributed by atoms with Crippen LogP contribution >= 0.6 is 0 Å². The Morgan fingerprint density at radius 1 is 0.508 bits per heavy atom. The lowest BCUT2D eigenvalue weighted by Crippen LogP contribution is -2.46. The Labute approximate surface area is 376 Å². The molecule has 0 aromatic heterocycles. The van der Waals surface area contributed by atoms with Crippen molar-refractivity contribution in [1.29, 1.82) is 0 Å². The van der Waals surface area contributed by atoms with Gasteiger partial charge in [0.15, 0.2) is 0 Å². The van der Waals surface area contributed by atoms with E-state index in [1.54, 1.807) is 0 Å². The molecule has 348 valence electrons. The van der Waals surface area contributed by atoms with Crippen LogP contribution in [0.3, 0.4) is 0 Å². The van der Waals surface area contributed by atoms with E-state index in [0.717, 1.165) is 70.6 Å². The van der Waals surface area contributed by atoms with E-state index in [1.165, 1.54) is 96.3 Å². The van der Waals surface area contributed by atoms with E-state index in [2.05, 4.69) is 68.6 Å². The summed E-state index contributed by atoms with van der Waals surface area (Å²) in [5, 5.41) is 23.7. The van der Waals surface area contributed by atoms with Crippen LogP contribution in [0.25, 0.3) is 0 Å². The Bertz CT molecular complexity index is 1220. The zero-order chi connectivity index (χ0) is 44.5. The van der Waals surface area contributed by atoms with Gasteiger partial charge in [-0.05, 0) is 44.9 Å². The molecule has 1 amide bonds. The summed E-state index contributed by atoms with van der Waals surface area (Å²) in [5.74, 6) is -0.638. The van der Waals surface area contributed by atoms with Crippen molar-refractivity contribution in [3.05, 3.63) is 97.2 Å². The molecule has 3 atom stereocenters. The number of ether oxygens (including phenoxy) is 1. The Morgan fingerprint density at radius 2 is 0.918 bits per heavy atom. The van der Waals surface area contributed by atoms with Crippen molar-refractivity contribution in [3.8, 4) is 0 Å². The number of aliphatic hydroxyl groups excluding tert-OH is 2. The summed E-state index contributed by atoms with van der Waals surface area (Å²) in [4.78, 5) is 26.0. The van der Waals surface area contributed by atoms with E-state index >= 15 is 0 Å². The Kier molecular flexibility index (Phi) is 45.3. The SMILES string of the molecule is CC/C=C/C=C/C=C\C=C/C=C/CC(CC(=O)NC(CO)C(O)CCCCCCCCCCCCCCC)OC(=O)CCCCCCC/C=C/C=C/C=C/CCCCCCC. The van der Waals surface area contributed by atoms with E-state index in [-0.39, 0.29) is 24.9 Å². The molecule has 0 aliphatic rings. The van der Waals surface area contributed by atoms with Crippen molar-refractivity contribution in [2.45, 2.75) is 232 Å². The number of unbranched alkanes of at least 4 members (excludes halogenated alkanes) is 22. The highest BCUT2D eigenvalue weighted by Crippen LogP contribution is 2.16. The van der Waals surface area contributed by atoms with Gasteiger partial charge in [0, 0.05) is 12.8 Å². The second kappa shape index (κ2) is 47.8. The van der Waals surface area contributed by atoms with E-state index in [9.17, 15) is 19.8 Å². The monoisotopic (exact) mass is 848 g/mol. The minimum Gasteiger partial charge on any atom is -0.461 e. The molecule has 0 fully saturated rings. The molecule has 0 aliphatic carbocycles. The molecule has 0 saturated heterocycles. The molecule has 61 heavy (non-hydrogen) atoms. The van der Waals surface area contributed by atoms with Crippen molar-refractivity contribution in [1.82, 2.24) is 5.32 Å². The first-order valence-electron chi connectivity index (χ1n) is 25.1. The summed E-state index contributed by atoms with van der Waals surface area (Å²) in [7, 11) is 0. The third-order valence-corrected chi connectivity index (χ3v) is 10.8. The van der Waals surface area contributed by atoms with Gasteiger partial charge in [0.2, 0.25) is 5.91 Å². The van der Waals surface area contributed by atoms with Gasteiger partial charge < -0.3 is 20.3 Å². The predicted octanol–water partition coefficient (Wildman–Crippen LogP) is 14.9. The van der Waals surface area contributed by atoms with Gasteiger partial charge in [-0.3, -0.25) is 9.59 Å². The van der Waals surface area contributed by atoms with E-state index in [1.807, 2.05) is 54.7 Å². The van der Waals surface area contributed by atoms with Crippen LogP contribution in [0.5, 0.6) is 0 Å². The molecule has 0 spiro atoms. The lowest BCUT2D eigenvalue weighted by molar-refractivity contribution is -0.150. The van der Waals surface area contributed by atoms with E-state index in [0.29, 0.717) is 19.3 Å². The smallest absolute Gasteiger partial charge is 0.306 e. The highest BCUT2D eigenvalue weighted by molar-refractivity contribution is 5.77. The van der Waals surface area contributed by atoms with Gasteiger partial charge in [0.1, 0.15) is 6.10 Å². The molecule has 0 aromatic rings. The number of esters is 1. The number of allylic oxidation sites excluding steroid dienone is 15. The van der Waals surface area contributed by atoms with Crippen LogP contribution in [-0.4, -0.2) is 46.9 Å². The van der Waals surface area contributed by atoms with Gasteiger partial charge in [-0.1, -0.05) is 246 Å². The zero-order valence-electron chi connectivity index (χ0n) is 39.5. The second-order valence-corrected chi connectivity index (χ2v) is 16.7. The van der Waals surface area contributed by atoms with Crippen molar-refractivity contribution < 1.29 is 24.5 Å². The fourth-order valence-electron chi connectivity index (χ4n) is 7.04. The molecular formula is C55H93NO5. The van der Waals surface area contributed by atoms with Crippen LogP contribution in [0.4, 0.5) is 0 Å². The number of carbonyl (C=O) groups excluding carboxylic acids is 2. The number of rotatable bonds is 43. The minimum absolute atomic E-state index is 0.0319. The number of aliphatic hydroxyl groups is 2. The Balaban J connectivity index is 4.70. The number of amides is 1. The Morgan fingerprint density at radius 3 is 1.39 bits per heavy atom. The first-order valence-corrected chi connectivity index (χ1v) is 25.1. The maximum absolute atomic E-state index is 13.1. The van der Waals surface area contributed by atoms with Crippen molar-refractivity contribution in [3.63, 3.8) is 0 Å². The zero-order valence-corrected chi connectivity index (χ0v) is 39.5. The molecule has 3 unspecified atom stereocenters. The highest BCUT2D eigenvalue weighted by atomic mass is 16.5.